The summed E-state index contributed by atoms with van der Waals surface area (Å²) in [5, 5.41) is 0.695. The number of anilines is 1. The number of piperazine rings is 1. The van der Waals surface area contributed by atoms with E-state index in [1.807, 2.05) is 47.4 Å². The molecule has 1 fully saturated rings. The highest BCUT2D eigenvalue weighted by atomic mass is 35.5. The Hall–Kier alpha value is -2.07. The van der Waals surface area contributed by atoms with Gasteiger partial charge in [0.05, 0.1) is 6.42 Å². The van der Waals surface area contributed by atoms with E-state index in [1.54, 1.807) is 6.20 Å². The summed E-state index contributed by atoms with van der Waals surface area (Å²) in [7, 11) is 0. The van der Waals surface area contributed by atoms with Gasteiger partial charge in [-0.05, 0) is 29.8 Å². The number of hydrogen-bond donors (Lipinski definition) is 0. The molecule has 0 atom stereocenters. The van der Waals surface area contributed by atoms with E-state index in [-0.39, 0.29) is 5.91 Å². The fraction of sp³-hybridized carbons (Fsp3) is 0.294. The largest absolute Gasteiger partial charge is 0.353 e. The zero-order valence-electron chi connectivity index (χ0n) is 12.3. The molecule has 4 nitrogen and oxygen atoms in total. The Bertz CT molecular complexity index is 622. The fourth-order valence-corrected chi connectivity index (χ4v) is 2.74. The predicted molar refractivity (Wildman–Crippen MR) is 88.2 cm³/mol. The van der Waals surface area contributed by atoms with Gasteiger partial charge in [0.15, 0.2) is 0 Å². The van der Waals surface area contributed by atoms with Crippen molar-refractivity contribution in [3.05, 3.63) is 59.2 Å². The summed E-state index contributed by atoms with van der Waals surface area (Å²) in [4.78, 5) is 20.9. The molecule has 0 unspecified atom stereocenters. The summed E-state index contributed by atoms with van der Waals surface area (Å²) < 4.78 is 0. The number of carbonyl (C=O) groups excluding carboxylic acids is 1. The molecule has 3 rings (SSSR count). The summed E-state index contributed by atoms with van der Waals surface area (Å²) in [5.41, 5.74) is 1.00. The van der Waals surface area contributed by atoms with Crippen LogP contribution < -0.4 is 4.90 Å². The molecule has 0 N–H and O–H groups in total. The Kier molecular flexibility index (Phi) is 4.59. The first kappa shape index (κ1) is 14.9. The summed E-state index contributed by atoms with van der Waals surface area (Å²) in [6, 6.07) is 13.4. The van der Waals surface area contributed by atoms with Gasteiger partial charge in [-0.3, -0.25) is 4.79 Å². The third-order valence-corrected chi connectivity index (χ3v) is 4.13. The van der Waals surface area contributed by atoms with Gasteiger partial charge in [0.1, 0.15) is 5.82 Å². The lowest BCUT2D eigenvalue weighted by atomic mass is 10.1. The smallest absolute Gasteiger partial charge is 0.227 e. The van der Waals surface area contributed by atoms with E-state index in [4.69, 9.17) is 11.6 Å². The molecule has 5 heteroatoms. The third-order valence-electron chi connectivity index (χ3n) is 3.87. The molecule has 2 aromatic rings. The van der Waals surface area contributed by atoms with Gasteiger partial charge in [-0.2, -0.15) is 0 Å². The molecule has 1 aromatic heterocycles. The molecule has 1 amide bonds. The van der Waals surface area contributed by atoms with Crippen molar-refractivity contribution >= 4 is 23.3 Å². The van der Waals surface area contributed by atoms with Gasteiger partial charge in [-0.15, -0.1) is 0 Å². The SMILES string of the molecule is O=C(Cc1ccc(Cl)cc1)N1CCN(c2ccccn2)CC1. The number of benzene rings is 1. The van der Waals surface area contributed by atoms with E-state index < -0.39 is 0 Å². The number of halogens is 1. The minimum absolute atomic E-state index is 0.169. The first-order chi connectivity index (χ1) is 10.7. The van der Waals surface area contributed by atoms with E-state index >= 15 is 0 Å². The van der Waals surface area contributed by atoms with Crippen LogP contribution in [0.5, 0.6) is 0 Å². The zero-order chi connectivity index (χ0) is 15.4. The maximum absolute atomic E-state index is 12.4. The second-order valence-corrected chi connectivity index (χ2v) is 5.80. The molecular formula is C17H18ClN3O. The second kappa shape index (κ2) is 6.79. The molecule has 1 aliphatic heterocycles. The highest BCUT2D eigenvalue weighted by Gasteiger charge is 2.21. The van der Waals surface area contributed by atoms with Crippen molar-refractivity contribution in [1.82, 2.24) is 9.88 Å². The van der Waals surface area contributed by atoms with Crippen molar-refractivity contribution in [2.45, 2.75) is 6.42 Å². The van der Waals surface area contributed by atoms with Crippen LogP contribution in [-0.4, -0.2) is 42.0 Å². The lowest BCUT2D eigenvalue weighted by Crippen LogP contribution is -2.49. The van der Waals surface area contributed by atoms with E-state index in [0.717, 1.165) is 37.6 Å². The Morgan fingerprint density at radius 1 is 1.05 bits per heavy atom. The maximum Gasteiger partial charge on any atom is 0.227 e. The highest BCUT2D eigenvalue weighted by molar-refractivity contribution is 6.30. The minimum atomic E-state index is 0.169. The van der Waals surface area contributed by atoms with Crippen LogP contribution in [0.25, 0.3) is 0 Å². The average Bonchev–Trinajstić information content (AvgIpc) is 2.58. The quantitative estimate of drug-likeness (QED) is 0.873. The first-order valence-corrected chi connectivity index (χ1v) is 7.78. The van der Waals surface area contributed by atoms with E-state index in [0.29, 0.717) is 11.4 Å². The number of rotatable bonds is 3. The van der Waals surface area contributed by atoms with Crippen molar-refractivity contribution < 1.29 is 4.79 Å². The molecular weight excluding hydrogens is 298 g/mol. The predicted octanol–water partition coefficient (Wildman–Crippen LogP) is 2.63. The maximum atomic E-state index is 12.4. The average molecular weight is 316 g/mol. The summed E-state index contributed by atoms with van der Waals surface area (Å²) in [6.07, 6.45) is 2.23. The monoisotopic (exact) mass is 315 g/mol. The van der Waals surface area contributed by atoms with Crippen molar-refractivity contribution in [3.63, 3.8) is 0 Å². The van der Waals surface area contributed by atoms with Crippen LogP contribution in [0, 0.1) is 0 Å². The number of hydrogen-bond acceptors (Lipinski definition) is 3. The van der Waals surface area contributed by atoms with Crippen LogP contribution in [0.4, 0.5) is 5.82 Å². The van der Waals surface area contributed by atoms with Gasteiger partial charge < -0.3 is 9.80 Å². The second-order valence-electron chi connectivity index (χ2n) is 5.36. The van der Waals surface area contributed by atoms with Gasteiger partial charge in [-0.1, -0.05) is 29.8 Å². The fourth-order valence-electron chi connectivity index (χ4n) is 2.61. The molecule has 0 spiro atoms. The van der Waals surface area contributed by atoms with Crippen LogP contribution in [0.1, 0.15) is 5.56 Å². The van der Waals surface area contributed by atoms with Crippen LogP contribution in [0.3, 0.4) is 0 Å². The van der Waals surface area contributed by atoms with Gasteiger partial charge >= 0.3 is 0 Å². The van der Waals surface area contributed by atoms with Gasteiger partial charge in [0.25, 0.3) is 0 Å². The molecule has 2 heterocycles. The van der Waals surface area contributed by atoms with Crippen LogP contribution in [0.2, 0.25) is 5.02 Å². The van der Waals surface area contributed by atoms with Crippen LogP contribution in [-0.2, 0) is 11.2 Å². The van der Waals surface area contributed by atoms with Gasteiger partial charge in [0, 0.05) is 37.4 Å². The van der Waals surface area contributed by atoms with Crippen molar-refractivity contribution in [2.75, 3.05) is 31.1 Å². The Morgan fingerprint density at radius 3 is 2.41 bits per heavy atom. The summed E-state index contributed by atoms with van der Waals surface area (Å²) in [6.45, 7) is 3.12. The summed E-state index contributed by atoms with van der Waals surface area (Å²) in [5.74, 6) is 1.15. The molecule has 1 aromatic carbocycles. The molecule has 0 aliphatic carbocycles. The van der Waals surface area contributed by atoms with Gasteiger partial charge in [0.2, 0.25) is 5.91 Å². The molecule has 114 valence electrons. The van der Waals surface area contributed by atoms with E-state index in [1.165, 1.54) is 0 Å². The minimum Gasteiger partial charge on any atom is -0.353 e. The number of aromatic nitrogens is 1. The highest BCUT2D eigenvalue weighted by Crippen LogP contribution is 2.14. The third kappa shape index (κ3) is 3.57. The molecule has 0 saturated carbocycles. The molecule has 1 saturated heterocycles. The zero-order valence-corrected chi connectivity index (χ0v) is 13.0. The lowest BCUT2D eigenvalue weighted by molar-refractivity contribution is -0.130. The topological polar surface area (TPSA) is 36.4 Å². The lowest BCUT2D eigenvalue weighted by Gasteiger charge is -2.35. The number of pyridine rings is 1. The molecule has 1 aliphatic rings. The van der Waals surface area contributed by atoms with Crippen LogP contribution in [0.15, 0.2) is 48.7 Å². The number of amides is 1. The molecule has 0 radical (unpaired) electrons. The Balaban J connectivity index is 1.54. The standard InChI is InChI=1S/C17H18ClN3O/c18-15-6-4-14(5-7-15)13-17(22)21-11-9-20(10-12-21)16-3-1-2-8-19-16/h1-8H,9-13H2. The normalized spacial score (nSPS) is 15.0. The van der Waals surface area contributed by atoms with Crippen molar-refractivity contribution in [1.29, 1.82) is 0 Å². The number of carbonyl (C=O) groups is 1. The Labute approximate surface area is 135 Å². The van der Waals surface area contributed by atoms with Crippen molar-refractivity contribution in [2.24, 2.45) is 0 Å². The first-order valence-electron chi connectivity index (χ1n) is 7.40. The Morgan fingerprint density at radius 2 is 1.77 bits per heavy atom. The summed E-state index contributed by atoms with van der Waals surface area (Å²) >= 11 is 5.86. The molecule has 22 heavy (non-hydrogen) atoms. The van der Waals surface area contributed by atoms with Crippen LogP contribution >= 0.6 is 11.6 Å². The van der Waals surface area contributed by atoms with E-state index in [9.17, 15) is 4.79 Å². The van der Waals surface area contributed by atoms with Crippen molar-refractivity contribution in [3.8, 4) is 0 Å². The number of nitrogens with zero attached hydrogens (tertiary/aromatic N) is 3. The molecule has 0 bridgehead atoms. The van der Waals surface area contributed by atoms with Gasteiger partial charge in [-0.25, -0.2) is 4.98 Å². The van der Waals surface area contributed by atoms with E-state index in [2.05, 4.69) is 9.88 Å².